The monoisotopic (exact) mass is 535 g/mol. The molecule has 34 heavy (non-hydrogen) atoms. The van der Waals surface area contributed by atoms with Crippen molar-refractivity contribution in [1.82, 2.24) is 0 Å². The van der Waals surface area contributed by atoms with E-state index >= 15 is 0 Å². The molecule has 1 aliphatic rings. The smallest absolute Gasteiger partial charge is 0.0519 e. The van der Waals surface area contributed by atoms with Gasteiger partial charge in [-0.05, 0) is 12.8 Å². The number of hydrogen-bond donors (Lipinski definition) is 0. The molecule has 1 fully saturated rings. The van der Waals surface area contributed by atoms with Crippen molar-refractivity contribution < 1.29 is 49.6 Å². The summed E-state index contributed by atoms with van der Waals surface area (Å²) < 4.78 is 1.42. The quantitative estimate of drug-likeness (QED) is 0.349. The van der Waals surface area contributed by atoms with Gasteiger partial charge in [0.25, 0.3) is 0 Å². The molecule has 1 aliphatic carbocycles. The molecule has 0 bridgehead atoms. The van der Waals surface area contributed by atoms with Crippen LogP contribution in [-0.2, 0) is 24.8 Å². The zero-order chi connectivity index (χ0) is 23.2. The van der Waals surface area contributed by atoms with E-state index in [2.05, 4.69) is 88.4 Å². The largest absolute Gasteiger partial charge is 1.00 e. The van der Waals surface area contributed by atoms with Crippen LogP contribution in [0.1, 0.15) is 84.5 Å². The first kappa shape index (κ1) is 32.9. The fourth-order valence-corrected chi connectivity index (χ4v) is 4.33. The molecule has 0 radical (unpaired) electrons. The number of carbonyl (C=O) groups excluding carboxylic acids is 1. The van der Waals surface area contributed by atoms with Crippen molar-refractivity contribution in [1.29, 1.82) is 0 Å². The van der Waals surface area contributed by atoms with Crippen LogP contribution in [0, 0.1) is 5.92 Å². The number of amides is 1. The normalized spacial score (nSPS) is 15.1. The van der Waals surface area contributed by atoms with E-state index in [1.165, 1.54) is 70.3 Å². The fraction of sp³-hybridized carbons (Fsp3) is 0.483. The molecule has 0 aliphatic heterocycles. The molecular formula is C29H39Cl2NOTi-2. The summed E-state index contributed by atoms with van der Waals surface area (Å²) >= 11 is 2.08. The summed E-state index contributed by atoms with van der Waals surface area (Å²) in [5.74, 6) is -0.281. The van der Waals surface area contributed by atoms with E-state index in [-0.39, 0.29) is 36.6 Å². The molecule has 0 saturated heterocycles. The van der Waals surface area contributed by atoms with E-state index in [1.807, 2.05) is 0 Å². The maximum absolute atomic E-state index is 11.1. The minimum atomic E-state index is -0.327. The predicted octanol–water partition coefficient (Wildman–Crippen LogP) is 2.95. The molecule has 0 aromatic heterocycles. The molecule has 5 heteroatoms. The molecule has 4 rings (SSSR count). The third kappa shape index (κ3) is 12.6. The Kier molecular flexibility index (Phi) is 18.6. The summed E-state index contributed by atoms with van der Waals surface area (Å²) in [6.45, 7) is 4.17. The van der Waals surface area contributed by atoms with Gasteiger partial charge in [-0.25, -0.2) is 0 Å². The van der Waals surface area contributed by atoms with Crippen LogP contribution in [0.4, 0.5) is 0 Å². The summed E-state index contributed by atoms with van der Waals surface area (Å²) in [6, 6.07) is 19.3. The van der Waals surface area contributed by atoms with E-state index in [0.29, 0.717) is 0 Å². The maximum Gasteiger partial charge on any atom is 0.0519 e. The summed E-state index contributed by atoms with van der Waals surface area (Å²) in [4.78, 5) is 11.1. The van der Waals surface area contributed by atoms with Crippen LogP contribution in [0.2, 0.25) is 0 Å². The number of hydrogen-bond acceptors (Lipinski definition) is 1. The summed E-state index contributed by atoms with van der Waals surface area (Å²) in [5, 5.41) is 5.39. The van der Waals surface area contributed by atoms with Gasteiger partial charge in [-0.1, -0.05) is 94.2 Å². The first-order chi connectivity index (χ1) is 15.5. The standard InChI is InChI=1S/C13H25NO.C13H9.C3H6.2ClH.Ti/c14-13(15)12-10-8-6-4-2-1-3-5-7-9-11-12;1-3-7-12-10(5-1)9-11-6-2-4-8-13(11)12;1-3-2;;;/h12H,1-11H2,(H2,14,15);1-9H;1-2H3;2*1H;/q;-1;;;;+2/p-3. The van der Waals surface area contributed by atoms with Crippen molar-refractivity contribution in [2.75, 3.05) is 0 Å². The van der Waals surface area contributed by atoms with Crippen molar-refractivity contribution in [3.05, 3.63) is 60.3 Å². The second-order valence-electron chi connectivity index (χ2n) is 9.14. The Bertz CT molecular complexity index is 903. The Labute approximate surface area is 230 Å². The molecule has 1 amide bonds. The van der Waals surface area contributed by atoms with Gasteiger partial charge in [-0.3, -0.25) is 0 Å². The van der Waals surface area contributed by atoms with Gasteiger partial charge >= 0.3 is 37.6 Å². The summed E-state index contributed by atoms with van der Waals surface area (Å²) in [6.07, 6.45) is 13.5. The summed E-state index contributed by atoms with van der Waals surface area (Å²) in [5.41, 5.74) is 7.23. The third-order valence-electron chi connectivity index (χ3n) is 6.00. The van der Waals surface area contributed by atoms with Crippen molar-refractivity contribution in [2.24, 2.45) is 5.92 Å². The average Bonchev–Trinajstić information content (AvgIpc) is 3.13. The second-order valence-corrected chi connectivity index (χ2v) is 10.7. The van der Waals surface area contributed by atoms with Gasteiger partial charge < -0.3 is 35.3 Å². The van der Waals surface area contributed by atoms with E-state index in [9.17, 15) is 4.79 Å². The minimum absolute atomic E-state index is 0. The van der Waals surface area contributed by atoms with Crippen molar-refractivity contribution in [3.63, 3.8) is 0 Å². The molecule has 186 valence electrons. The van der Waals surface area contributed by atoms with E-state index < -0.39 is 0 Å². The number of nitrogens with one attached hydrogen (secondary N) is 1. The average molecular weight is 536 g/mol. The van der Waals surface area contributed by atoms with Crippen LogP contribution >= 0.6 is 0 Å². The number of fused-ring (bicyclic) bond motifs is 3. The molecule has 3 aromatic rings. The Morgan fingerprint density at radius 2 is 1.06 bits per heavy atom. The molecule has 1 saturated carbocycles. The molecule has 2 nitrogen and oxygen atoms in total. The first-order valence-corrected chi connectivity index (χ1v) is 13.1. The molecule has 0 spiro atoms. The van der Waals surface area contributed by atoms with Gasteiger partial charge in [0.1, 0.15) is 0 Å². The van der Waals surface area contributed by atoms with Gasteiger partial charge in [-0.15, -0.1) is 39.7 Å². The topological polar surface area (TPSA) is 40.9 Å². The molecule has 3 aromatic carbocycles. The zero-order valence-electron chi connectivity index (χ0n) is 20.7. The van der Waals surface area contributed by atoms with Crippen LogP contribution in [0.15, 0.2) is 54.6 Å². The number of halogens is 2. The molecular weight excluding hydrogens is 497 g/mol. The minimum Gasteiger partial charge on any atom is -1.00 e. The Hall–Kier alpha value is -1.06. The molecule has 0 unspecified atom stereocenters. The van der Waals surface area contributed by atoms with Crippen LogP contribution in [-0.4, -0.2) is 9.72 Å². The molecule has 0 atom stereocenters. The van der Waals surface area contributed by atoms with E-state index in [1.54, 1.807) is 0 Å². The third-order valence-corrected chi connectivity index (χ3v) is 6.00. The van der Waals surface area contributed by atoms with Gasteiger partial charge in [0.2, 0.25) is 0 Å². The zero-order valence-corrected chi connectivity index (χ0v) is 23.8. The van der Waals surface area contributed by atoms with Crippen molar-refractivity contribution >= 4 is 31.3 Å². The van der Waals surface area contributed by atoms with Gasteiger partial charge in [-0.2, -0.15) is 0 Å². The van der Waals surface area contributed by atoms with Crippen LogP contribution in [0.5, 0.6) is 0 Å². The Morgan fingerprint density at radius 3 is 1.41 bits per heavy atom. The first-order valence-electron chi connectivity index (χ1n) is 12.3. The van der Waals surface area contributed by atoms with E-state index in [0.717, 1.165) is 25.7 Å². The SMILES string of the molecule is C[C](C)=[Ti+2].[Cl-].[Cl-].[NH-]C(=O)C1CCCCCCCCCCC1.c1ccc2c(c1)[cH-]c1ccccc12. The predicted molar refractivity (Wildman–Crippen MR) is 137 cm³/mol. The number of carbonyl (C=O) groups is 1. The van der Waals surface area contributed by atoms with Crippen molar-refractivity contribution in [2.45, 2.75) is 84.5 Å². The van der Waals surface area contributed by atoms with E-state index in [4.69, 9.17) is 5.73 Å². The molecule has 1 N–H and O–H groups in total. The Balaban J connectivity index is 0.000000529. The second kappa shape index (κ2) is 19.2. The molecule has 0 heterocycles. The van der Waals surface area contributed by atoms with Gasteiger partial charge in [0.15, 0.2) is 0 Å². The van der Waals surface area contributed by atoms with Crippen LogP contribution < -0.4 is 24.8 Å². The number of benzene rings is 2. The Morgan fingerprint density at radius 1 is 0.735 bits per heavy atom. The van der Waals surface area contributed by atoms with Gasteiger partial charge in [0, 0.05) is 5.92 Å². The fourth-order valence-electron chi connectivity index (χ4n) is 4.33. The van der Waals surface area contributed by atoms with Crippen LogP contribution in [0.25, 0.3) is 27.3 Å². The maximum atomic E-state index is 11.1. The van der Waals surface area contributed by atoms with Crippen LogP contribution in [0.3, 0.4) is 0 Å². The van der Waals surface area contributed by atoms with Gasteiger partial charge in [0.05, 0.1) is 5.91 Å². The summed E-state index contributed by atoms with van der Waals surface area (Å²) in [7, 11) is 0. The van der Waals surface area contributed by atoms with Crippen molar-refractivity contribution in [3.8, 4) is 0 Å². The number of rotatable bonds is 1.